The van der Waals surface area contributed by atoms with Gasteiger partial charge in [-0.05, 0) is 43.2 Å². The van der Waals surface area contributed by atoms with Gasteiger partial charge in [-0.15, -0.1) is 0 Å². The van der Waals surface area contributed by atoms with E-state index in [1.54, 1.807) is 7.11 Å². The third-order valence-electron chi connectivity index (χ3n) is 3.60. The Morgan fingerprint density at radius 2 is 1.79 bits per heavy atom. The molecule has 1 atom stereocenters. The summed E-state index contributed by atoms with van der Waals surface area (Å²) < 4.78 is 5.06. The van der Waals surface area contributed by atoms with E-state index >= 15 is 0 Å². The van der Waals surface area contributed by atoms with E-state index in [1.165, 1.54) is 24.8 Å². The summed E-state index contributed by atoms with van der Waals surface area (Å²) in [7, 11) is 1.77. The Kier molecular flexibility index (Phi) is 8.52. The number of unbranched alkanes of at least 4 members (excludes halogenated alkanes) is 2. The molecule has 1 aromatic rings. The maximum absolute atomic E-state index is 5.06. The summed E-state index contributed by atoms with van der Waals surface area (Å²) in [6.45, 7) is 7.68. The Balaban J connectivity index is 2.24. The van der Waals surface area contributed by atoms with Crippen LogP contribution in [0.25, 0.3) is 0 Å². The maximum atomic E-state index is 5.06. The lowest BCUT2D eigenvalue weighted by Gasteiger charge is -2.22. The highest BCUT2D eigenvalue weighted by Gasteiger charge is 2.14. The number of rotatable bonds is 10. The molecule has 1 unspecified atom stereocenters. The normalized spacial score (nSPS) is 12.8. The van der Waals surface area contributed by atoms with Crippen LogP contribution in [0.1, 0.15) is 44.6 Å². The number of hydrogen-bond donors (Lipinski definition) is 1. The van der Waals surface area contributed by atoms with Crippen LogP contribution >= 0.6 is 0 Å². The number of nitrogens with one attached hydrogen (secondary N) is 1. The second kappa shape index (κ2) is 9.99. The van der Waals surface area contributed by atoms with Crippen molar-refractivity contribution in [2.24, 2.45) is 5.92 Å². The van der Waals surface area contributed by atoms with Crippen molar-refractivity contribution in [3.63, 3.8) is 0 Å². The molecule has 0 fully saturated rings. The third kappa shape index (κ3) is 6.74. The van der Waals surface area contributed by atoms with E-state index in [-0.39, 0.29) is 0 Å². The summed E-state index contributed by atoms with van der Waals surface area (Å²) in [5, 5.41) is 3.60. The minimum absolute atomic E-state index is 0.611. The first-order valence-corrected chi connectivity index (χ1v) is 7.50. The maximum Gasteiger partial charge on any atom is 0.0462 e. The van der Waals surface area contributed by atoms with Crippen LogP contribution in [0.5, 0.6) is 0 Å². The molecule has 1 N–H and O–H groups in total. The van der Waals surface area contributed by atoms with Gasteiger partial charge in [0.1, 0.15) is 0 Å². The van der Waals surface area contributed by atoms with Gasteiger partial charge in [0.2, 0.25) is 0 Å². The molecule has 2 heteroatoms. The molecule has 0 radical (unpaired) electrons. The summed E-state index contributed by atoms with van der Waals surface area (Å²) in [5.74, 6) is 1.28. The average molecular weight is 263 g/mol. The van der Waals surface area contributed by atoms with Crippen molar-refractivity contribution in [3.05, 3.63) is 35.9 Å². The zero-order chi connectivity index (χ0) is 13.9. The van der Waals surface area contributed by atoms with Gasteiger partial charge < -0.3 is 10.1 Å². The van der Waals surface area contributed by atoms with Gasteiger partial charge in [-0.1, -0.05) is 44.2 Å². The van der Waals surface area contributed by atoms with Crippen molar-refractivity contribution in [1.29, 1.82) is 0 Å². The van der Waals surface area contributed by atoms with Crippen LogP contribution in [0.2, 0.25) is 0 Å². The molecule has 0 saturated carbocycles. The summed E-state index contributed by atoms with van der Waals surface area (Å²) in [6.07, 6.45) is 3.66. The molecule has 1 aromatic carbocycles. The molecule has 0 aromatic heterocycles. The molecule has 2 nitrogen and oxygen atoms in total. The Bertz CT molecular complexity index is 310. The van der Waals surface area contributed by atoms with Gasteiger partial charge >= 0.3 is 0 Å². The zero-order valence-electron chi connectivity index (χ0n) is 12.7. The van der Waals surface area contributed by atoms with Crippen molar-refractivity contribution in [2.75, 3.05) is 26.8 Å². The first-order chi connectivity index (χ1) is 9.25. The first kappa shape index (κ1) is 16.2. The van der Waals surface area contributed by atoms with Crippen LogP contribution in [0.4, 0.5) is 0 Å². The molecule has 0 saturated heterocycles. The monoisotopic (exact) mass is 263 g/mol. The van der Waals surface area contributed by atoms with Crippen LogP contribution in [0, 0.1) is 5.92 Å². The molecule has 0 bridgehead atoms. The second-order valence-electron chi connectivity index (χ2n) is 5.52. The second-order valence-corrected chi connectivity index (χ2v) is 5.52. The van der Waals surface area contributed by atoms with Crippen molar-refractivity contribution in [2.45, 2.75) is 39.0 Å². The van der Waals surface area contributed by atoms with E-state index in [0.717, 1.165) is 19.7 Å². The molecule has 108 valence electrons. The summed E-state index contributed by atoms with van der Waals surface area (Å²) >= 11 is 0. The molecule has 0 amide bonds. The van der Waals surface area contributed by atoms with Crippen LogP contribution in [0.3, 0.4) is 0 Å². The van der Waals surface area contributed by atoms with Gasteiger partial charge in [0, 0.05) is 20.3 Å². The molecule has 0 aliphatic carbocycles. The van der Waals surface area contributed by atoms with E-state index in [0.29, 0.717) is 11.8 Å². The lowest BCUT2D eigenvalue weighted by Crippen LogP contribution is -2.25. The molecular weight excluding hydrogens is 234 g/mol. The number of hydrogen-bond acceptors (Lipinski definition) is 2. The molecule has 0 aliphatic rings. The van der Waals surface area contributed by atoms with Crippen molar-refractivity contribution in [3.8, 4) is 0 Å². The number of benzene rings is 1. The lowest BCUT2D eigenvalue weighted by atomic mass is 9.88. The molecular formula is C17H29NO. The molecule has 0 aliphatic heterocycles. The standard InChI is InChI=1S/C17H29NO/c1-15(2)17(16-10-6-4-7-11-16)14-18-12-8-5-9-13-19-3/h4,6-7,10-11,15,17-18H,5,8-9,12-14H2,1-3H3. The van der Waals surface area contributed by atoms with Crippen LogP contribution < -0.4 is 5.32 Å². The summed E-state index contributed by atoms with van der Waals surface area (Å²) in [4.78, 5) is 0. The summed E-state index contributed by atoms with van der Waals surface area (Å²) in [6, 6.07) is 10.8. The van der Waals surface area contributed by atoms with Crippen molar-refractivity contribution < 1.29 is 4.74 Å². The van der Waals surface area contributed by atoms with Crippen LogP contribution in [-0.2, 0) is 4.74 Å². The minimum atomic E-state index is 0.611. The fourth-order valence-corrected chi connectivity index (χ4v) is 2.37. The van der Waals surface area contributed by atoms with Gasteiger partial charge in [-0.25, -0.2) is 0 Å². The minimum Gasteiger partial charge on any atom is -0.385 e. The predicted octanol–water partition coefficient (Wildman–Crippen LogP) is 3.83. The lowest BCUT2D eigenvalue weighted by molar-refractivity contribution is 0.192. The van der Waals surface area contributed by atoms with E-state index in [4.69, 9.17) is 4.74 Å². The van der Waals surface area contributed by atoms with Gasteiger partial charge in [-0.2, -0.15) is 0 Å². The fourth-order valence-electron chi connectivity index (χ4n) is 2.37. The molecule has 0 spiro atoms. The molecule has 1 rings (SSSR count). The third-order valence-corrected chi connectivity index (χ3v) is 3.60. The highest BCUT2D eigenvalue weighted by Crippen LogP contribution is 2.23. The van der Waals surface area contributed by atoms with Gasteiger partial charge in [0.25, 0.3) is 0 Å². The highest BCUT2D eigenvalue weighted by atomic mass is 16.5. The SMILES string of the molecule is COCCCCCNCC(c1ccccc1)C(C)C. The average Bonchev–Trinajstić information content (AvgIpc) is 2.42. The van der Waals surface area contributed by atoms with E-state index in [1.807, 2.05) is 0 Å². The van der Waals surface area contributed by atoms with Crippen molar-refractivity contribution in [1.82, 2.24) is 5.32 Å². The Morgan fingerprint density at radius 1 is 1.05 bits per heavy atom. The highest BCUT2D eigenvalue weighted by molar-refractivity contribution is 5.20. The zero-order valence-corrected chi connectivity index (χ0v) is 12.7. The predicted molar refractivity (Wildman–Crippen MR) is 82.6 cm³/mol. The van der Waals surface area contributed by atoms with Crippen LogP contribution in [-0.4, -0.2) is 26.8 Å². The first-order valence-electron chi connectivity index (χ1n) is 7.50. The summed E-state index contributed by atoms with van der Waals surface area (Å²) in [5.41, 5.74) is 1.45. The Labute approximate surface area is 118 Å². The van der Waals surface area contributed by atoms with E-state index in [2.05, 4.69) is 49.5 Å². The fraction of sp³-hybridized carbons (Fsp3) is 0.647. The number of ether oxygens (including phenoxy) is 1. The van der Waals surface area contributed by atoms with Crippen molar-refractivity contribution >= 4 is 0 Å². The van der Waals surface area contributed by atoms with Gasteiger partial charge in [-0.3, -0.25) is 0 Å². The Morgan fingerprint density at radius 3 is 2.42 bits per heavy atom. The largest absolute Gasteiger partial charge is 0.385 e. The smallest absolute Gasteiger partial charge is 0.0462 e. The topological polar surface area (TPSA) is 21.3 Å². The quantitative estimate of drug-likeness (QED) is 0.648. The van der Waals surface area contributed by atoms with E-state index in [9.17, 15) is 0 Å². The molecule has 19 heavy (non-hydrogen) atoms. The van der Waals surface area contributed by atoms with Gasteiger partial charge in [0.15, 0.2) is 0 Å². The van der Waals surface area contributed by atoms with Gasteiger partial charge in [0.05, 0.1) is 0 Å². The van der Waals surface area contributed by atoms with E-state index < -0.39 is 0 Å². The number of methoxy groups -OCH3 is 1. The van der Waals surface area contributed by atoms with Crippen LogP contribution in [0.15, 0.2) is 30.3 Å². The molecule has 0 heterocycles. The Hall–Kier alpha value is -0.860.